The summed E-state index contributed by atoms with van der Waals surface area (Å²) in [5.41, 5.74) is 2.36. The molecule has 4 atom stereocenters. The number of benzene rings is 4. The van der Waals surface area contributed by atoms with Crippen LogP contribution >= 0.6 is 0 Å². The Labute approximate surface area is 343 Å². The van der Waals surface area contributed by atoms with E-state index in [4.69, 9.17) is 0 Å². The number of carboxylic acids is 2. The molecule has 0 spiro atoms. The normalized spacial score (nSPS) is 19.3. The summed E-state index contributed by atoms with van der Waals surface area (Å²) in [7, 11) is 0. The van der Waals surface area contributed by atoms with Crippen LogP contribution in [-0.4, -0.2) is 115 Å². The fraction of sp³-hybridized carbons (Fsp3) is 0.350. The van der Waals surface area contributed by atoms with Crippen molar-refractivity contribution in [3.8, 4) is 0 Å². The van der Waals surface area contributed by atoms with Crippen LogP contribution in [0.25, 0.3) is 0 Å². The molecule has 1 fully saturated rings. The van der Waals surface area contributed by atoms with Crippen LogP contribution in [0.2, 0.25) is 0 Å². The van der Waals surface area contributed by atoms with E-state index in [1.165, 1.54) is 48.5 Å². The van der Waals surface area contributed by atoms with Crippen LogP contribution in [0.3, 0.4) is 0 Å². The van der Waals surface area contributed by atoms with Crippen LogP contribution in [0.4, 0.5) is 22.7 Å². The van der Waals surface area contributed by atoms with Crippen LogP contribution in [0, 0.1) is 40.5 Å². The summed E-state index contributed by atoms with van der Waals surface area (Å²) in [6, 6.07) is 21.8. The van der Waals surface area contributed by atoms with Gasteiger partial charge in [0.1, 0.15) is 0 Å². The molecule has 0 aromatic heterocycles. The zero-order valence-electron chi connectivity index (χ0n) is 32.3. The maximum atomic E-state index is 12.5. The molecule has 20 nitrogen and oxygen atoms in total. The largest absolute Gasteiger partial charge is 0.480 e. The second-order valence-electron chi connectivity index (χ2n) is 14.7. The predicted molar refractivity (Wildman–Crippen MR) is 217 cm³/mol. The van der Waals surface area contributed by atoms with Gasteiger partial charge < -0.3 is 20.8 Å². The Morgan fingerprint density at radius 1 is 0.483 bits per heavy atom. The minimum atomic E-state index is -1.11. The SMILES string of the molecule is O=C(O)CN1C[C@H](Cc2ccc([N+](=O)[O-])cc2)NC[C@H](Cc2ccc([N+](=O)[O-])cc2)N(CC(=O)O)C[C@H](Cc2ccc([N+](=O)[O-])cc2)NC[C@@H]1Cc1ccc([N+](=O)[O-])cc1. The van der Waals surface area contributed by atoms with E-state index in [0.29, 0.717) is 22.3 Å². The van der Waals surface area contributed by atoms with Crippen LogP contribution in [-0.2, 0) is 35.3 Å². The van der Waals surface area contributed by atoms with Gasteiger partial charge >= 0.3 is 11.9 Å². The van der Waals surface area contributed by atoms with E-state index in [0.717, 1.165) is 0 Å². The lowest BCUT2D eigenvalue weighted by Crippen LogP contribution is -2.58. The lowest BCUT2D eigenvalue weighted by Gasteiger charge is -2.40. The van der Waals surface area contributed by atoms with Crippen molar-refractivity contribution in [1.29, 1.82) is 0 Å². The Morgan fingerprint density at radius 3 is 0.967 bits per heavy atom. The number of nitro benzene ring substituents is 4. The van der Waals surface area contributed by atoms with Gasteiger partial charge in [-0.2, -0.15) is 0 Å². The van der Waals surface area contributed by atoms with Gasteiger partial charge in [-0.15, -0.1) is 0 Å². The molecule has 316 valence electrons. The predicted octanol–water partition coefficient (Wildman–Crippen LogP) is 4.03. The molecule has 20 heteroatoms. The van der Waals surface area contributed by atoms with Crippen molar-refractivity contribution in [3.63, 3.8) is 0 Å². The van der Waals surface area contributed by atoms with Crippen molar-refractivity contribution < 1.29 is 39.5 Å². The van der Waals surface area contributed by atoms with Crippen molar-refractivity contribution in [1.82, 2.24) is 20.4 Å². The highest BCUT2D eigenvalue weighted by Crippen LogP contribution is 2.21. The molecule has 1 aliphatic heterocycles. The van der Waals surface area contributed by atoms with Gasteiger partial charge in [-0.1, -0.05) is 48.5 Å². The number of aliphatic carboxylic acids is 2. The molecule has 0 amide bonds. The van der Waals surface area contributed by atoms with Gasteiger partial charge in [-0.3, -0.25) is 59.8 Å². The smallest absolute Gasteiger partial charge is 0.317 e. The van der Waals surface area contributed by atoms with E-state index in [1.54, 1.807) is 58.3 Å². The van der Waals surface area contributed by atoms with E-state index in [9.17, 15) is 60.3 Å². The molecule has 0 saturated carbocycles. The van der Waals surface area contributed by atoms with Crippen LogP contribution in [0.5, 0.6) is 0 Å². The molecule has 1 heterocycles. The third kappa shape index (κ3) is 13.1. The van der Waals surface area contributed by atoms with Crippen LogP contribution < -0.4 is 10.6 Å². The molecule has 1 saturated heterocycles. The monoisotopic (exact) mass is 828 g/mol. The Morgan fingerprint density at radius 2 is 0.733 bits per heavy atom. The Kier molecular flexibility index (Phi) is 15.4. The summed E-state index contributed by atoms with van der Waals surface area (Å²) in [5.74, 6) is -2.23. The molecule has 0 unspecified atom stereocenters. The zero-order valence-corrected chi connectivity index (χ0v) is 32.3. The molecular formula is C40H44N8O12. The summed E-state index contributed by atoms with van der Waals surface area (Å²) in [6.07, 6.45) is 1.10. The van der Waals surface area contributed by atoms with Crippen molar-refractivity contribution >= 4 is 34.7 Å². The lowest BCUT2D eigenvalue weighted by atomic mass is 9.97. The number of carboxylic acid groups (broad SMARTS) is 2. The molecule has 0 radical (unpaired) electrons. The van der Waals surface area contributed by atoms with Crippen LogP contribution in [0.1, 0.15) is 22.3 Å². The average Bonchev–Trinajstić information content (AvgIpc) is 3.20. The molecule has 4 N–H and O–H groups in total. The van der Waals surface area contributed by atoms with Crippen molar-refractivity contribution in [2.75, 3.05) is 39.3 Å². The molecule has 1 aliphatic rings. The maximum absolute atomic E-state index is 12.5. The van der Waals surface area contributed by atoms with E-state index < -0.39 is 68.9 Å². The van der Waals surface area contributed by atoms with Gasteiger partial charge in [0.15, 0.2) is 0 Å². The molecular weight excluding hydrogens is 784 g/mol. The molecule has 0 aliphatic carbocycles. The van der Waals surface area contributed by atoms with E-state index in [1.807, 2.05) is 0 Å². The summed E-state index contributed by atoms with van der Waals surface area (Å²) in [6.45, 7) is -0.192. The fourth-order valence-corrected chi connectivity index (χ4v) is 7.40. The number of carbonyl (C=O) groups is 2. The van der Waals surface area contributed by atoms with E-state index in [2.05, 4.69) is 10.6 Å². The highest BCUT2D eigenvalue weighted by molar-refractivity contribution is 5.69. The highest BCUT2D eigenvalue weighted by Gasteiger charge is 2.31. The molecule has 0 bridgehead atoms. The fourth-order valence-electron chi connectivity index (χ4n) is 7.40. The van der Waals surface area contributed by atoms with Gasteiger partial charge in [0.2, 0.25) is 0 Å². The number of nitrogens with zero attached hydrogens (tertiary/aromatic N) is 6. The van der Waals surface area contributed by atoms with Crippen LogP contribution in [0.15, 0.2) is 97.1 Å². The molecule has 60 heavy (non-hydrogen) atoms. The maximum Gasteiger partial charge on any atom is 0.317 e. The molecule has 4 aromatic rings. The molecule has 5 rings (SSSR count). The first-order valence-electron chi connectivity index (χ1n) is 18.9. The highest BCUT2D eigenvalue weighted by atomic mass is 16.6. The number of rotatable bonds is 16. The summed E-state index contributed by atoms with van der Waals surface area (Å²) >= 11 is 0. The number of nitrogens with one attached hydrogen (secondary N) is 2. The Hall–Kier alpha value is -6.74. The number of hydrogen-bond donors (Lipinski definition) is 4. The second-order valence-corrected chi connectivity index (χ2v) is 14.7. The summed E-state index contributed by atoms with van der Waals surface area (Å²) in [4.78, 5) is 72.1. The minimum Gasteiger partial charge on any atom is -0.480 e. The third-order valence-corrected chi connectivity index (χ3v) is 10.4. The lowest BCUT2D eigenvalue weighted by molar-refractivity contribution is -0.385. The third-order valence-electron chi connectivity index (χ3n) is 10.4. The van der Waals surface area contributed by atoms with Gasteiger partial charge in [-0.05, 0) is 47.9 Å². The minimum absolute atomic E-state index is 0.108. The Bertz CT molecular complexity index is 1980. The van der Waals surface area contributed by atoms with Gasteiger partial charge in [0.05, 0.1) is 32.8 Å². The second kappa shape index (κ2) is 20.8. The van der Waals surface area contributed by atoms with E-state index >= 15 is 0 Å². The standard InChI is InChI=1S/C40H44N8O12/c49-39(50)25-43-23-31(17-27-1-9-33(10-2-27)45(53)54)41-21-37(19-29-5-13-35(14-6-29)47(57)58)44(26-40(51)52)24-32(18-28-3-11-34(12-4-28)46(55)56)42-22-38(43)20-30-7-15-36(16-8-30)48(59)60/h1-16,31-32,37-38,41-42H,17-26H2,(H,49,50)(H,51,52)/t31-,32-,37-,38-/m0/s1. The average molecular weight is 829 g/mol. The first-order valence-corrected chi connectivity index (χ1v) is 18.9. The summed E-state index contributed by atoms with van der Waals surface area (Å²) < 4.78 is 0. The van der Waals surface area contributed by atoms with Gasteiger partial charge in [-0.25, -0.2) is 0 Å². The molecule has 4 aromatic carbocycles. The zero-order chi connectivity index (χ0) is 43.3. The topological polar surface area (TPSA) is 278 Å². The van der Waals surface area contributed by atoms with Crippen molar-refractivity contribution in [2.45, 2.75) is 49.9 Å². The summed E-state index contributed by atoms with van der Waals surface area (Å²) in [5, 5.41) is 73.1. The first-order chi connectivity index (χ1) is 28.6. The Balaban J connectivity index is 1.58. The van der Waals surface area contributed by atoms with Crippen molar-refractivity contribution in [3.05, 3.63) is 160 Å². The van der Waals surface area contributed by atoms with Gasteiger partial charge in [0.25, 0.3) is 22.7 Å². The first kappa shape index (κ1) is 44.4. The number of hydrogen-bond acceptors (Lipinski definition) is 14. The number of nitro groups is 4. The van der Waals surface area contributed by atoms with Crippen molar-refractivity contribution in [2.24, 2.45) is 0 Å². The van der Waals surface area contributed by atoms with Gasteiger partial charge in [0, 0.05) is 98.9 Å². The quantitative estimate of drug-likeness (QED) is 0.0916. The van der Waals surface area contributed by atoms with E-state index in [-0.39, 0.29) is 74.6 Å². The number of non-ortho nitro benzene ring substituents is 4.